The Morgan fingerprint density at radius 2 is 1.52 bits per heavy atom. The molecule has 4 rings (SSSR count). The molecule has 5 heteroatoms. The number of imide groups is 1. The smallest absolute Gasteiger partial charge is 0.267 e. The van der Waals surface area contributed by atoms with Gasteiger partial charge in [-0.3, -0.25) is 9.59 Å². The lowest BCUT2D eigenvalue weighted by Gasteiger charge is -2.29. The van der Waals surface area contributed by atoms with E-state index in [2.05, 4.69) is 31.2 Å². The minimum atomic E-state index is -0.343. The first-order chi connectivity index (χ1) is 15.0. The van der Waals surface area contributed by atoms with Crippen molar-refractivity contribution in [2.75, 3.05) is 19.1 Å². The molecule has 1 aliphatic heterocycles. The lowest BCUT2D eigenvalue weighted by Crippen LogP contribution is -2.42. The van der Waals surface area contributed by atoms with Crippen molar-refractivity contribution in [1.29, 1.82) is 0 Å². The van der Waals surface area contributed by atoms with Crippen LogP contribution in [0.15, 0.2) is 79.0 Å². The molecule has 0 fully saturated rings. The van der Waals surface area contributed by atoms with Crippen molar-refractivity contribution in [1.82, 2.24) is 4.90 Å². The second kappa shape index (κ2) is 8.48. The molecule has 0 aromatic heterocycles. The molecule has 0 saturated heterocycles. The summed E-state index contributed by atoms with van der Waals surface area (Å²) in [5, 5.41) is 0. The van der Waals surface area contributed by atoms with Gasteiger partial charge in [0.05, 0.1) is 18.4 Å². The van der Waals surface area contributed by atoms with Gasteiger partial charge in [0, 0.05) is 30.9 Å². The van der Waals surface area contributed by atoms with Gasteiger partial charge in [-0.25, -0.2) is 4.90 Å². The van der Waals surface area contributed by atoms with Crippen LogP contribution < -0.4 is 9.64 Å². The monoisotopic (exact) mass is 412 g/mol. The molecule has 31 heavy (non-hydrogen) atoms. The molecule has 0 atom stereocenters. The highest BCUT2D eigenvalue weighted by Gasteiger charge is 2.36. The highest BCUT2D eigenvalue weighted by Crippen LogP contribution is 2.33. The molecule has 5 nitrogen and oxygen atoms in total. The Morgan fingerprint density at radius 3 is 2.16 bits per heavy atom. The molecule has 0 N–H and O–H groups in total. The van der Waals surface area contributed by atoms with Gasteiger partial charge in [0.1, 0.15) is 5.75 Å². The molecular weight excluding hydrogens is 388 g/mol. The number of fused-ring (bicyclic) bond motifs is 1. The Labute approximate surface area is 182 Å². The molecule has 2 amide bonds. The van der Waals surface area contributed by atoms with E-state index in [1.807, 2.05) is 36.3 Å². The van der Waals surface area contributed by atoms with Gasteiger partial charge in [-0.1, -0.05) is 48.0 Å². The average molecular weight is 412 g/mol. The number of carbonyl (C=O) groups is 2. The fourth-order valence-electron chi connectivity index (χ4n) is 3.69. The zero-order chi connectivity index (χ0) is 22.0. The Kier molecular flexibility index (Phi) is 5.58. The van der Waals surface area contributed by atoms with Gasteiger partial charge in [0.2, 0.25) is 0 Å². The Balaban J connectivity index is 1.72. The van der Waals surface area contributed by atoms with E-state index in [-0.39, 0.29) is 11.8 Å². The van der Waals surface area contributed by atoms with Crippen LogP contribution in [-0.4, -0.2) is 30.9 Å². The van der Waals surface area contributed by atoms with Gasteiger partial charge in [0.25, 0.3) is 11.8 Å². The van der Waals surface area contributed by atoms with Crippen LogP contribution in [0.3, 0.4) is 0 Å². The number of rotatable bonds is 5. The van der Waals surface area contributed by atoms with Crippen LogP contribution in [0.5, 0.6) is 5.75 Å². The van der Waals surface area contributed by atoms with E-state index in [1.165, 1.54) is 10.5 Å². The van der Waals surface area contributed by atoms with Crippen LogP contribution in [0.2, 0.25) is 0 Å². The Morgan fingerprint density at radius 1 is 0.871 bits per heavy atom. The average Bonchev–Trinajstić information content (AvgIpc) is 2.79. The topological polar surface area (TPSA) is 49.9 Å². The zero-order valence-corrected chi connectivity index (χ0v) is 17.8. The molecule has 1 heterocycles. The first-order valence-electron chi connectivity index (χ1n) is 10.1. The van der Waals surface area contributed by atoms with E-state index in [0.29, 0.717) is 34.7 Å². The SMILES string of the molecule is COc1ccc(N2C(=O)/C(=C\N(C)Cc3ccc(C)cc3)c3ccccc3C2=O)cc1. The maximum Gasteiger partial charge on any atom is 0.267 e. The number of benzene rings is 3. The minimum Gasteiger partial charge on any atom is -0.497 e. The van der Waals surface area contributed by atoms with E-state index in [4.69, 9.17) is 4.74 Å². The number of carbonyl (C=O) groups excluding carboxylic acids is 2. The van der Waals surface area contributed by atoms with Gasteiger partial charge in [0.15, 0.2) is 0 Å². The van der Waals surface area contributed by atoms with Crippen LogP contribution in [0.4, 0.5) is 5.69 Å². The molecule has 156 valence electrons. The van der Waals surface area contributed by atoms with Crippen LogP contribution in [0.1, 0.15) is 27.0 Å². The summed E-state index contributed by atoms with van der Waals surface area (Å²) in [4.78, 5) is 29.8. The fraction of sp³-hybridized carbons (Fsp3) is 0.154. The van der Waals surface area contributed by atoms with Gasteiger partial charge in [-0.15, -0.1) is 0 Å². The van der Waals surface area contributed by atoms with Gasteiger partial charge < -0.3 is 9.64 Å². The van der Waals surface area contributed by atoms with Gasteiger partial charge in [-0.05, 0) is 42.8 Å². The first kappa shape index (κ1) is 20.4. The number of hydrogen-bond donors (Lipinski definition) is 0. The second-order valence-corrected chi connectivity index (χ2v) is 7.63. The van der Waals surface area contributed by atoms with E-state index >= 15 is 0 Å². The zero-order valence-electron chi connectivity index (χ0n) is 17.8. The quantitative estimate of drug-likeness (QED) is 0.452. The predicted molar refractivity (Wildman–Crippen MR) is 122 cm³/mol. The normalized spacial score (nSPS) is 14.5. The molecule has 0 bridgehead atoms. The Bertz CT molecular complexity index is 1150. The highest BCUT2D eigenvalue weighted by atomic mass is 16.5. The maximum atomic E-state index is 13.5. The number of methoxy groups -OCH3 is 1. The number of amides is 2. The number of aryl methyl sites for hydroxylation is 1. The van der Waals surface area contributed by atoms with Crippen LogP contribution in [-0.2, 0) is 11.3 Å². The number of anilines is 1. The number of ether oxygens (including phenoxy) is 1. The third kappa shape index (κ3) is 4.08. The van der Waals surface area contributed by atoms with Gasteiger partial charge in [-0.2, -0.15) is 0 Å². The summed E-state index contributed by atoms with van der Waals surface area (Å²) >= 11 is 0. The summed E-state index contributed by atoms with van der Waals surface area (Å²) in [5.74, 6) is -0.0108. The standard InChI is InChI=1S/C26H24N2O3/c1-18-8-10-19(11-9-18)16-27(2)17-24-22-6-4-5-7-23(22)25(29)28(26(24)30)20-12-14-21(31-3)15-13-20/h4-15,17H,16H2,1-3H3/b24-17-. The second-order valence-electron chi connectivity index (χ2n) is 7.63. The highest BCUT2D eigenvalue weighted by molar-refractivity contribution is 6.41. The molecular formula is C26H24N2O3. The van der Waals surface area contributed by atoms with Crippen molar-refractivity contribution in [3.8, 4) is 5.75 Å². The summed E-state index contributed by atoms with van der Waals surface area (Å²) in [6.07, 6.45) is 1.82. The van der Waals surface area contributed by atoms with E-state index in [9.17, 15) is 9.59 Å². The van der Waals surface area contributed by atoms with Crippen molar-refractivity contribution < 1.29 is 14.3 Å². The van der Waals surface area contributed by atoms with Crippen molar-refractivity contribution >= 4 is 23.1 Å². The lowest BCUT2D eigenvalue weighted by molar-refractivity contribution is -0.112. The first-order valence-corrected chi connectivity index (χ1v) is 10.1. The summed E-state index contributed by atoms with van der Waals surface area (Å²) < 4.78 is 5.20. The third-order valence-electron chi connectivity index (χ3n) is 5.32. The van der Waals surface area contributed by atoms with Crippen molar-refractivity contribution in [3.05, 3.63) is 101 Å². The third-order valence-corrected chi connectivity index (χ3v) is 5.32. The fourth-order valence-corrected chi connectivity index (χ4v) is 3.69. The molecule has 3 aromatic carbocycles. The largest absolute Gasteiger partial charge is 0.497 e. The molecule has 3 aromatic rings. The van der Waals surface area contributed by atoms with Crippen molar-refractivity contribution in [2.24, 2.45) is 0 Å². The Hall–Kier alpha value is -3.86. The van der Waals surface area contributed by atoms with Crippen molar-refractivity contribution in [2.45, 2.75) is 13.5 Å². The molecule has 0 radical (unpaired) electrons. The van der Waals surface area contributed by atoms with Crippen LogP contribution >= 0.6 is 0 Å². The molecule has 0 unspecified atom stereocenters. The van der Waals surface area contributed by atoms with E-state index < -0.39 is 0 Å². The summed E-state index contributed by atoms with van der Waals surface area (Å²) in [6.45, 7) is 2.70. The summed E-state index contributed by atoms with van der Waals surface area (Å²) in [7, 11) is 3.50. The number of nitrogens with zero attached hydrogens (tertiary/aromatic N) is 2. The lowest BCUT2D eigenvalue weighted by atomic mass is 9.93. The molecule has 1 aliphatic rings. The molecule has 0 spiro atoms. The summed E-state index contributed by atoms with van der Waals surface area (Å²) in [6, 6.07) is 22.4. The number of hydrogen-bond acceptors (Lipinski definition) is 4. The minimum absolute atomic E-state index is 0.330. The van der Waals surface area contributed by atoms with E-state index in [0.717, 1.165) is 5.56 Å². The van der Waals surface area contributed by atoms with Crippen LogP contribution in [0.25, 0.3) is 5.57 Å². The van der Waals surface area contributed by atoms with Crippen LogP contribution in [0, 0.1) is 6.92 Å². The van der Waals surface area contributed by atoms with Crippen molar-refractivity contribution in [3.63, 3.8) is 0 Å². The van der Waals surface area contributed by atoms with Gasteiger partial charge >= 0.3 is 0 Å². The van der Waals surface area contributed by atoms with E-state index in [1.54, 1.807) is 37.4 Å². The molecule has 0 saturated carbocycles. The summed E-state index contributed by atoms with van der Waals surface area (Å²) in [5.41, 5.74) is 4.50. The maximum absolute atomic E-state index is 13.5. The molecule has 0 aliphatic carbocycles. The predicted octanol–water partition coefficient (Wildman–Crippen LogP) is 4.66.